The zero-order valence-corrected chi connectivity index (χ0v) is 19.2. The standard InChI is InChI=1S/C24H27ClN2O6/c1-2-3-15-32-24(31)17-11-13-18(14-12-17)26-22(29)16-33-23(30)10-6-9-21(28)27-20-8-5-4-7-19(20)25/h4-5,7-8,11-14H,2-3,6,9-10,15-16H2,1H3,(H,26,29)(H,27,28). The third-order valence-electron chi connectivity index (χ3n) is 4.43. The van der Waals surface area contributed by atoms with Crippen molar-refractivity contribution in [2.45, 2.75) is 39.0 Å². The van der Waals surface area contributed by atoms with Crippen molar-refractivity contribution in [2.24, 2.45) is 0 Å². The van der Waals surface area contributed by atoms with Crippen LogP contribution in [0.5, 0.6) is 0 Å². The predicted molar refractivity (Wildman–Crippen MR) is 125 cm³/mol. The maximum atomic E-state index is 12.0. The minimum absolute atomic E-state index is 0.00192. The molecule has 2 amide bonds. The van der Waals surface area contributed by atoms with Gasteiger partial charge in [0.05, 0.1) is 22.9 Å². The molecule has 2 N–H and O–H groups in total. The van der Waals surface area contributed by atoms with E-state index in [-0.39, 0.29) is 25.2 Å². The number of anilines is 2. The highest BCUT2D eigenvalue weighted by Crippen LogP contribution is 2.20. The fourth-order valence-corrected chi connectivity index (χ4v) is 2.85. The summed E-state index contributed by atoms with van der Waals surface area (Å²) in [5.41, 5.74) is 1.34. The smallest absolute Gasteiger partial charge is 0.338 e. The Morgan fingerprint density at radius 2 is 1.58 bits per heavy atom. The van der Waals surface area contributed by atoms with Crippen molar-refractivity contribution in [2.75, 3.05) is 23.8 Å². The molecule has 0 saturated carbocycles. The molecule has 0 radical (unpaired) electrons. The fraction of sp³-hybridized carbons (Fsp3) is 0.333. The van der Waals surface area contributed by atoms with Crippen molar-refractivity contribution >= 4 is 46.7 Å². The van der Waals surface area contributed by atoms with Crippen LogP contribution in [0.15, 0.2) is 48.5 Å². The SMILES string of the molecule is CCCCOC(=O)c1ccc(NC(=O)COC(=O)CCCC(=O)Nc2ccccc2Cl)cc1. The van der Waals surface area contributed by atoms with Crippen LogP contribution < -0.4 is 10.6 Å². The van der Waals surface area contributed by atoms with Crippen molar-refractivity contribution in [3.05, 3.63) is 59.1 Å². The average Bonchev–Trinajstić information content (AvgIpc) is 2.80. The molecule has 2 rings (SSSR count). The number of carbonyl (C=O) groups is 4. The molecular formula is C24H27ClN2O6. The second-order valence-electron chi connectivity index (χ2n) is 7.16. The summed E-state index contributed by atoms with van der Waals surface area (Å²) >= 11 is 5.98. The Morgan fingerprint density at radius 3 is 2.27 bits per heavy atom. The molecule has 2 aromatic carbocycles. The summed E-state index contributed by atoms with van der Waals surface area (Å²) in [5.74, 6) is -1.79. The zero-order valence-electron chi connectivity index (χ0n) is 18.4. The minimum Gasteiger partial charge on any atom is -0.462 e. The van der Waals surface area contributed by atoms with E-state index >= 15 is 0 Å². The van der Waals surface area contributed by atoms with E-state index in [0.29, 0.717) is 28.6 Å². The van der Waals surface area contributed by atoms with Gasteiger partial charge in [-0.05, 0) is 49.2 Å². The van der Waals surface area contributed by atoms with Crippen molar-refractivity contribution in [3.63, 3.8) is 0 Å². The van der Waals surface area contributed by atoms with Crippen LogP contribution in [0.3, 0.4) is 0 Å². The number of para-hydroxylation sites is 1. The van der Waals surface area contributed by atoms with Crippen LogP contribution in [0.1, 0.15) is 49.4 Å². The van der Waals surface area contributed by atoms with Crippen LogP contribution in [-0.2, 0) is 23.9 Å². The summed E-state index contributed by atoms with van der Waals surface area (Å²) in [6.07, 6.45) is 2.11. The van der Waals surface area contributed by atoms with E-state index in [9.17, 15) is 19.2 Å². The summed E-state index contributed by atoms with van der Waals surface area (Å²) < 4.78 is 10.1. The maximum Gasteiger partial charge on any atom is 0.338 e. The Hall–Kier alpha value is -3.39. The number of benzene rings is 2. The highest BCUT2D eigenvalue weighted by molar-refractivity contribution is 6.33. The van der Waals surface area contributed by atoms with Gasteiger partial charge in [-0.25, -0.2) is 4.79 Å². The van der Waals surface area contributed by atoms with Gasteiger partial charge in [-0.2, -0.15) is 0 Å². The van der Waals surface area contributed by atoms with Gasteiger partial charge in [0.25, 0.3) is 5.91 Å². The molecule has 2 aromatic rings. The summed E-state index contributed by atoms with van der Waals surface area (Å²) in [7, 11) is 0. The molecule has 8 nitrogen and oxygen atoms in total. The lowest BCUT2D eigenvalue weighted by Crippen LogP contribution is -2.21. The van der Waals surface area contributed by atoms with E-state index < -0.39 is 24.5 Å². The van der Waals surface area contributed by atoms with Crippen LogP contribution in [0.25, 0.3) is 0 Å². The van der Waals surface area contributed by atoms with Crippen molar-refractivity contribution in [1.29, 1.82) is 0 Å². The van der Waals surface area contributed by atoms with Gasteiger partial charge in [0.15, 0.2) is 6.61 Å². The molecule has 176 valence electrons. The average molecular weight is 475 g/mol. The summed E-state index contributed by atoms with van der Waals surface area (Å²) in [6.45, 7) is 1.92. The second-order valence-corrected chi connectivity index (χ2v) is 7.56. The predicted octanol–water partition coefficient (Wildman–Crippen LogP) is 4.59. The number of halogens is 1. The number of carbonyl (C=O) groups excluding carboxylic acids is 4. The first-order valence-corrected chi connectivity index (χ1v) is 11.0. The van der Waals surface area contributed by atoms with Gasteiger partial charge in [0.1, 0.15) is 0 Å². The molecule has 0 aromatic heterocycles. The van der Waals surface area contributed by atoms with Crippen LogP contribution >= 0.6 is 11.6 Å². The third kappa shape index (κ3) is 9.74. The molecule has 0 heterocycles. The van der Waals surface area contributed by atoms with Gasteiger partial charge >= 0.3 is 11.9 Å². The fourth-order valence-electron chi connectivity index (χ4n) is 2.67. The highest BCUT2D eigenvalue weighted by atomic mass is 35.5. The quantitative estimate of drug-likeness (QED) is 0.344. The van der Waals surface area contributed by atoms with Gasteiger partial charge in [-0.3, -0.25) is 14.4 Å². The van der Waals surface area contributed by atoms with Gasteiger partial charge in [0, 0.05) is 18.5 Å². The third-order valence-corrected chi connectivity index (χ3v) is 4.76. The van der Waals surface area contributed by atoms with Crippen LogP contribution in [0.2, 0.25) is 5.02 Å². The summed E-state index contributed by atoms with van der Waals surface area (Å²) in [5, 5.41) is 5.68. The Morgan fingerprint density at radius 1 is 0.848 bits per heavy atom. The lowest BCUT2D eigenvalue weighted by atomic mass is 10.2. The van der Waals surface area contributed by atoms with Crippen molar-refractivity contribution in [1.82, 2.24) is 0 Å². The van der Waals surface area contributed by atoms with Crippen molar-refractivity contribution < 1.29 is 28.7 Å². The number of unbranched alkanes of at least 4 members (excludes halogenated alkanes) is 1. The lowest BCUT2D eigenvalue weighted by Gasteiger charge is -2.08. The minimum atomic E-state index is -0.583. The van der Waals surface area contributed by atoms with E-state index in [1.54, 1.807) is 48.5 Å². The summed E-state index contributed by atoms with van der Waals surface area (Å²) in [4.78, 5) is 47.6. The highest BCUT2D eigenvalue weighted by Gasteiger charge is 2.11. The van der Waals surface area contributed by atoms with Crippen LogP contribution in [0, 0.1) is 0 Å². The van der Waals surface area contributed by atoms with Gasteiger partial charge < -0.3 is 20.1 Å². The lowest BCUT2D eigenvalue weighted by molar-refractivity contribution is -0.147. The Balaban J connectivity index is 1.64. The normalized spacial score (nSPS) is 10.2. The molecule has 0 spiro atoms. The number of hydrogen-bond donors (Lipinski definition) is 2. The Kier molecular flexibility index (Phi) is 10.9. The number of amides is 2. The largest absolute Gasteiger partial charge is 0.462 e. The maximum absolute atomic E-state index is 12.0. The molecule has 0 saturated heterocycles. The molecule has 0 bridgehead atoms. The van der Waals surface area contributed by atoms with E-state index in [2.05, 4.69) is 10.6 Å². The molecule has 0 aliphatic heterocycles. The van der Waals surface area contributed by atoms with Crippen LogP contribution in [0.4, 0.5) is 11.4 Å². The molecule has 0 atom stereocenters. The Bertz CT molecular complexity index is 962. The topological polar surface area (TPSA) is 111 Å². The molecule has 0 aliphatic carbocycles. The van der Waals surface area contributed by atoms with Gasteiger partial charge in [-0.15, -0.1) is 0 Å². The number of nitrogens with one attached hydrogen (secondary N) is 2. The first-order chi connectivity index (χ1) is 15.9. The zero-order chi connectivity index (χ0) is 24.1. The number of esters is 2. The van der Waals surface area contributed by atoms with E-state index in [0.717, 1.165) is 12.8 Å². The molecule has 0 unspecified atom stereocenters. The monoisotopic (exact) mass is 474 g/mol. The Labute approximate surface area is 197 Å². The second kappa shape index (κ2) is 13.9. The number of rotatable bonds is 12. The van der Waals surface area contributed by atoms with E-state index in [1.807, 2.05) is 6.92 Å². The molecule has 0 fully saturated rings. The molecule has 9 heteroatoms. The number of hydrogen-bond acceptors (Lipinski definition) is 6. The van der Waals surface area contributed by atoms with E-state index in [1.165, 1.54) is 0 Å². The summed E-state index contributed by atoms with van der Waals surface area (Å²) in [6, 6.07) is 13.1. The van der Waals surface area contributed by atoms with E-state index in [4.69, 9.17) is 21.1 Å². The van der Waals surface area contributed by atoms with Gasteiger partial charge in [0.2, 0.25) is 5.91 Å². The number of ether oxygens (including phenoxy) is 2. The van der Waals surface area contributed by atoms with Crippen molar-refractivity contribution in [3.8, 4) is 0 Å². The molecule has 0 aliphatic rings. The molecular weight excluding hydrogens is 448 g/mol. The van der Waals surface area contributed by atoms with Crippen LogP contribution in [-0.4, -0.2) is 37.0 Å². The first kappa shape index (κ1) is 25.9. The van der Waals surface area contributed by atoms with Gasteiger partial charge in [-0.1, -0.05) is 37.1 Å². The molecule has 33 heavy (non-hydrogen) atoms. The first-order valence-electron chi connectivity index (χ1n) is 10.7.